The normalized spacial score (nSPS) is 12.6. The van der Waals surface area contributed by atoms with E-state index in [4.69, 9.17) is 10.8 Å². The molecule has 1 aromatic heterocycles. The molecule has 90 valence electrons. The van der Waals surface area contributed by atoms with Crippen LogP contribution in [0.1, 0.15) is 26.2 Å². The lowest BCUT2D eigenvalue weighted by Gasteiger charge is -2.10. The van der Waals surface area contributed by atoms with Gasteiger partial charge in [-0.1, -0.05) is 31.5 Å². The third-order valence-corrected chi connectivity index (χ3v) is 3.50. The Morgan fingerprint density at radius 3 is 2.75 bits per heavy atom. The van der Waals surface area contributed by atoms with E-state index < -0.39 is 11.2 Å². The maximum Gasteiger partial charge on any atom is 0.317 e. The maximum atomic E-state index is 11.0. The molecule has 6 nitrogen and oxygen atoms in total. The van der Waals surface area contributed by atoms with E-state index >= 15 is 0 Å². The molecule has 3 N–H and O–H groups in total. The Morgan fingerprint density at radius 2 is 2.31 bits per heavy atom. The number of unbranched alkanes of at least 4 members (excludes halogenated alkanes) is 1. The van der Waals surface area contributed by atoms with Crippen molar-refractivity contribution < 1.29 is 9.90 Å². The predicted molar refractivity (Wildman–Crippen MR) is 62.2 cm³/mol. The molecule has 0 spiro atoms. The van der Waals surface area contributed by atoms with Crippen molar-refractivity contribution in [3.63, 3.8) is 0 Å². The number of nitrogens with zero attached hydrogens (tertiary/aromatic N) is 3. The van der Waals surface area contributed by atoms with Crippen LogP contribution in [0.2, 0.25) is 0 Å². The van der Waals surface area contributed by atoms with Crippen molar-refractivity contribution in [3.05, 3.63) is 0 Å². The Hall–Kier alpha value is -1.24. The van der Waals surface area contributed by atoms with Gasteiger partial charge in [-0.15, -0.1) is 10.2 Å². The first-order valence-electron chi connectivity index (χ1n) is 5.10. The topological polar surface area (TPSA) is 94.0 Å². The van der Waals surface area contributed by atoms with Crippen molar-refractivity contribution in [2.75, 3.05) is 5.73 Å². The van der Waals surface area contributed by atoms with Crippen molar-refractivity contribution >= 4 is 23.7 Å². The van der Waals surface area contributed by atoms with Gasteiger partial charge < -0.3 is 10.8 Å². The number of nitrogen functional groups attached to an aromatic ring is 1. The van der Waals surface area contributed by atoms with Crippen LogP contribution < -0.4 is 5.73 Å². The Balaban J connectivity index is 2.68. The van der Waals surface area contributed by atoms with E-state index in [0.29, 0.717) is 17.5 Å². The molecule has 16 heavy (non-hydrogen) atoms. The molecule has 0 saturated heterocycles. The molecule has 1 rings (SSSR count). The number of rotatable bonds is 6. The lowest BCUT2D eigenvalue weighted by molar-refractivity contribution is -0.136. The van der Waals surface area contributed by atoms with E-state index in [1.165, 1.54) is 11.8 Å². The van der Waals surface area contributed by atoms with Crippen molar-refractivity contribution in [2.45, 2.75) is 36.6 Å². The number of carboxylic acid groups (broad SMARTS) is 1. The highest BCUT2D eigenvalue weighted by Gasteiger charge is 2.21. The number of carbonyl (C=O) groups is 1. The second-order valence-electron chi connectivity index (χ2n) is 3.49. The van der Waals surface area contributed by atoms with E-state index in [0.717, 1.165) is 12.8 Å². The molecule has 0 aromatic carbocycles. The number of nitrogens with two attached hydrogens (primary N) is 1. The average molecular weight is 244 g/mol. The van der Waals surface area contributed by atoms with Crippen LogP contribution in [0.5, 0.6) is 0 Å². The molecule has 1 unspecified atom stereocenters. The second-order valence-corrected chi connectivity index (χ2v) is 4.66. The molecule has 7 heteroatoms. The summed E-state index contributed by atoms with van der Waals surface area (Å²) < 4.78 is 1.59. The summed E-state index contributed by atoms with van der Waals surface area (Å²) in [6.45, 7) is 2.03. The van der Waals surface area contributed by atoms with Crippen LogP contribution in [0.15, 0.2) is 5.16 Å². The zero-order valence-electron chi connectivity index (χ0n) is 9.38. The average Bonchev–Trinajstić information content (AvgIpc) is 2.55. The fourth-order valence-corrected chi connectivity index (χ4v) is 2.16. The fraction of sp³-hybridized carbons (Fsp3) is 0.667. The number of thioether (sulfide) groups is 1. The van der Waals surface area contributed by atoms with Crippen molar-refractivity contribution in [1.82, 2.24) is 14.8 Å². The molecule has 1 aromatic rings. The Kier molecular flexibility index (Phi) is 4.60. The number of hydrogen-bond acceptors (Lipinski definition) is 5. The summed E-state index contributed by atoms with van der Waals surface area (Å²) in [6.07, 6.45) is 2.49. The van der Waals surface area contributed by atoms with Gasteiger partial charge >= 0.3 is 5.97 Å². The minimum atomic E-state index is -0.819. The molecule has 0 aliphatic carbocycles. The smallest absolute Gasteiger partial charge is 0.317 e. The first-order chi connectivity index (χ1) is 7.56. The summed E-state index contributed by atoms with van der Waals surface area (Å²) in [6, 6.07) is 0. The third-order valence-electron chi connectivity index (χ3n) is 2.21. The zero-order valence-corrected chi connectivity index (χ0v) is 10.2. The number of aliphatic carboxylic acids is 1. The maximum absolute atomic E-state index is 11.0. The van der Waals surface area contributed by atoms with Gasteiger partial charge in [-0.2, -0.15) is 0 Å². The van der Waals surface area contributed by atoms with Crippen LogP contribution in [-0.2, 0) is 11.8 Å². The number of aromatic nitrogens is 3. The zero-order chi connectivity index (χ0) is 12.1. The molecule has 1 heterocycles. The largest absolute Gasteiger partial charge is 0.480 e. The molecule has 1 atom stereocenters. The quantitative estimate of drug-likeness (QED) is 0.728. The molecule has 0 bridgehead atoms. The van der Waals surface area contributed by atoms with Crippen LogP contribution in [0, 0.1) is 0 Å². The summed E-state index contributed by atoms with van der Waals surface area (Å²) in [5.74, 6) is -0.526. The Bertz CT molecular complexity index is 366. The van der Waals surface area contributed by atoms with Crippen molar-refractivity contribution in [3.8, 4) is 0 Å². The molecule has 0 aliphatic rings. The van der Waals surface area contributed by atoms with Crippen molar-refractivity contribution in [2.24, 2.45) is 7.05 Å². The van der Waals surface area contributed by atoms with Crippen LogP contribution in [-0.4, -0.2) is 31.1 Å². The van der Waals surface area contributed by atoms with E-state index in [2.05, 4.69) is 10.2 Å². The van der Waals surface area contributed by atoms with Gasteiger partial charge in [-0.3, -0.25) is 9.36 Å². The molecule has 0 amide bonds. The monoisotopic (exact) mass is 244 g/mol. The van der Waals surface area contributed by atoms with Gasteiger partial charge in [0.2, 0.25) is 5.95 Å². The van der Waals surface area contributed by atoms with Crippen LogP contribution in [0.25, 0.3) is 0 Å². The number of hydrogen-bond donors (Lipinski definition) is 2. The number of carboxylic acids is 1. The molecular formula is C9H16N4O2S. The molecule has 0 saturated carbocycles. The van der Waals surface area contributed by atoms with E-state index in [1.54, 1.807) is 11.6 Å². The first kappa shape index (κ1) is 12.8. The van der Waals surface area contributed by atoms with Gasteiger partial charge in [0.15, 0.2) is 5.16 Å². The standard InChI is InChI=1S/C9H16N4O2S/c1-3-4-5-6(7(14)15)16-9-12-11-8(10)13(9)2/h6H,3-5H2,1-2H3,(H2,10,11)(H,14,15). The van der Waals surface area contributed by atoms with Gasteiger partial charge in [-0.05, 0) is 6.42 Å². The van der Waals surface area contributed by atoms with Gasteiger partial charge in [-0.25, -0.2) is 0 Å². The minimum Gasteiger partial charge on any atom is -0.480 e. The lowest BCUT2D eigenvalue weighted by Crippen LogP contribution is -2.17. The molecular weight excluding hydrogens is 228 g/mol. The van der Waals surface area contributed by atoms with E-state index in [9.17, 15) is 4.79 Å². The van der Waals surface area contributed by atoms with Gasteiger partial charge in [0, 0.05) is 7.05 Å². The highest BCUT2D eigenvalue weighted by atomic mass is 32.2. The van der Waals surface area contributed by atoms with Gasteiger partial charge in [0.05, 0.1) is 0 Å². The van der Waals surface area contributed by atoms with Crippen molar-refractivity contribution in [1.29, 1.82) is 0 Å². The van der Waals surface area contributed by atoms with E-state index in [-0.39, 0.29) is 0 Å². The molecule has 0 aliphatic heterocycles. The summed E-state index contributed by atoms with van der Waals surface area (Å²) in [7, 11) is 1.72. The Labute approximate surface area is 98.2 Å². The summed E-state index contributed by atoms with van der Waals surface area (Å²) >= 11 is 1.19. The molecule has 0 fully saturated rings. The van der Waals surface area contributed by atoms with E-state index in [1.807, 2.05) is 6.92 Å². The summed E-state index contributed by atoms with van der Waals surface area (Å²) in [4.78, 5) is 11.0. The first-order valence-corrected chi connectivity index (χ1v) is 5.98. The number of anilines is 1. The minimum absolute atomic E-state index is 0.294. The lowest BCUT2D eigenvalue weighted by atomic mass is 10.2. The highest BCUT2D eigenvalue weighted by molar-refractivity contribution is 8.00. The fourth-order valence-electron chi connectivity index (χ4n) is 1.18. The van der Waals surface area contributed by atoms with Gasteiger partial charge in [0.25, 0.3) is 0 Å². The summed E-state index contributed by atoms with van der Waals surface area (Å²) in [5, 5.41) is 16.6. The highest BCUT2D eigenvalue weighted by Crippen LogP contribution is 2.25. The second kappa shape index (κ2) is 5.74. The van der Waals surface area contributed by atoms with Crippen LogP contribution in [0.4, 0.5) is 5.95 Å². The Morgan fingerprint density at radius 1 is 1.62 bits per heavy atom. The summed E-state index contributed by atoms with van der Waals surface area (Å²) in [5.41, 5.74) is 5.52. The van der Waals surface area contributed by atoms with Crippen LogP contribution >= 0.6 is 11.8 Å². The third kappa shape index (κ3) is 3.13. The predicted octanol–water partition coefficient (Wildman–Crippen LogP) is 1.13. The van der Waals surface area contributed by atoms with Gasteiger partial charge in [0.1, 0.15) is 5.25 Å². The SMILES string of the molecule is CCCCC(Sc1nnc(N)n1C)C(=O)O. The van der Waals surface area contributed by atoms with Crippen LogP contribution in [0.3, 0.4) is 0 Å². The molecule has 0 radical (unpaired) electrons.